The third-order valence-electron chi connectivity index (χ3n) is 2.88. The first kappa shape index (κ1) is 11.9. The standard InChI is InChI=1S/C14H19N3/c1-10(2)14-8-9-17(16-14)13-6-4-12(5-7-13)11(3)15/h4-11H,15H2,1-3H3. The number of benzene rings is 1. The molecule has 0 aliphatic heterocycles. The van der Waals surface area contributed by atoms with Crippen molar-refractivity contribution in [3.8, 4) is 5.69 Å². The van der Waals surface area contributed by atoms with Gasteiger partial charge in [-0.15, -0.1) is 0 Å². The van der Waals surface area contributed by atoms with E-state index in [0.717, 1.165) is 16.9 Å². The molecule has 0 saturated carbocycles. The number of nitrogens with zero attached hydrogens (tertiary/aromatic N) is 2. The molecular formula is C14H19N3. The molecule has 1 aromatic carbocycles. The van der Waals surface area contributed by atoms with Crippen molar-refractivity contribution in [3.05, 3.63) is 47.8 Å². The quantitative estimate of drug-likeness (QED) is 0.879. The van der Waals surface area contributed by atoms with E-state index in [1.165, 1.54) is 0 Å². The fourth-order valence-corrected chi connectivity index (χ4v) is 1.72. The van der Waals surface area contributed by atoms with Gasteiger partial charge in [0.05, 0.1) is 11.4 Å². The van der Waals surface area contributed by atoms with Gasteiger partial charge in [-0.3, -0.25) is 0 Å². The van der Waals surface area contributed by atoms with Crippen LogP contribution in [0.15, 0.2) is 36.5 Å². The van der Waals surface area contributed by atoms with Crippen LogP contribution in [-0.2, 0) is 0 Å². The maximum absolute atomic E-state index is 5.82. The average molecular weight is 229 g/mol. The Hall–Kier alpha value is -1.61. The van der Waals surface area contributed by atoms with Crippen LogP contribution in [0.5, 0.6) is 0 Å². The molecule has 0 radical (unpaired) electrons. The highest BCUT2D eigenvalue weighted by Gasteiger charge is 2.05. The zero-order valence-electron chi connectivity index (χ0n) is 10.6. The van der Waals surface area contributed by atoms with E-state index in [-0.39, 0.29) is 6.04 Å². The molecule has 2 rings (SSSR count). The van der Waals surface area contributed by atoms with Gasteiger partial charge in [-0.05, 0) is 36.6 Å². The van der Waals surface area contributed by atoms with Crippen molar-refractivity contribution in [1.82, 2.24) is 9.78 Å². The summed E-state index contributed by atoms with van der Waals surface area (Å²) in [5.41, 5.74) is 9.15. The van der Waals surface area contributed by atoms with Crippen LogP contribution in [0.1, 0.15) is 44.0 Å². The van der Waals surface area contributed by atoms with Crippen LogP contribution >= 0.6 is 0 Å². The van der Waals surface area contributed by atoms with Gasteiger partial charge >= 0.3 is 0 Å². The Morgan fingerprint density at radius 2 is 1.71 bits per heavy atom. The summed E-state index contributed by atoms with van der Waals surface area (Å²) in [5, 5.41) is 4.54. The van der Waals surface area contributed by atoms with Gasteiger partial charge in [0.1, 0.15) is 0 Å². The van der Waals surface area contributed by atoms with Crippen molar-refractivity contribution in [1.29, 1.82) is 0 Å². The van der Waals surface area contributed by atoms with E-state index in [1.54, 1.807) is 0 Å². The Balaban J connectivity index is 2.27. The third-order valence-corrected chi connectivity index (χ3v) is 2.88. The van der Waals surface area contributed by atoms with E-state index in [1.807, 2.05) is 17.8 Å². The van der Waals surface area contributed by atoms with Crippen molar-refractivity contribution in [2.24, 2.45) is 5.73 Å². The molecule has 0 saturated heterocycles. The smallest absolute Gasteiger partial charge is 0.0654 e. The molecule has 0 fully saturated rings. The van der Waals surface area contributed by atoms with Gasteiger partial charge in [0.2, 0.25) is 0 Å². The summed E-state index contributed by atoms with van der Waals surface area (Å²) in [6, 6.07) is 10.3. The van der Waals surface area contributed by atoms with Crippen molar-refractivity contribution < 1.29 is 0 Å². The minimum absolute atomic E-state index is 0.0768. The number of hydrogen-bond donors (Lipinski definition) is 1. The van der Waals surface area contributed by atoms with E-state index in [9.17, 15) is 0 Å². The minimum Gasteiger partial charge on any atom is -0.324 e. The second-order valence-corrected chi connectivity index (χ2v) is 4.72. The molecule has 0 amide bonds. The van der Waals surface area contributed by atoms with E-state index in [0.29, 0.717) is 5.92 Å². The number of nitrogens with two attached hydrogens (primary N) is 1. The first-order chi connectivity index (χ1) is 8.08. The van der Waals surface area contributed by atoms with Gasteiger partial charge in [-0.2, -0.15) is 5.10 Å². The SMILES string of the molecule is CC(C)c1ccn(-c2ccc(C(C)N)cc2)n1. The molecule has 90 valence electrons. The Kier molecular flexibility index (Phi) is 3.29. The van der Waals surface area contributed by atoms with Crippen LogP contribution in [0.25, 0.3) is 5.69 Å². The lowest BCUT2D eigenvalue weighted by molar-refractivity contribution is 0.766. The lowest BCUT2D eigenvalue weighted by Crippen LogP contribution is -2.05. The van der Waals surface area contributed by atoms with Crippen molar-refractivity contribution in [2.75, 3.05) is 0 Å². The van der Waals surface area contributed by atoms with Crippen LogP contribution in [-0.4, -0.2) is 9.78 Å². The molecule has 3 heteroatoms. The lowest BCUT2D eigenvalue weighted by Gasteiger charge is -2.07. The molecule has 0 aliphatic rings. The van der Waals surface area contributed by atoms with Crippen LogP contribution in [0.4, 0.5) is 0 Å². The number of hydrogen-bond acceptors (Lipinski definition) is 2. The van der Waals surface area contributed by atoms with Crippen molar-refractivity contribution >= 4 is 0 Å². The fourth-order valence-electron chi connectivity index (χ4n) is 1.72. The van der Waals surface area contributed by atoms with Crippen LogP contribution in [0.2, 0.25) is 0 Å². The zero-order chi connectivity index (χ0) is 12.4. The highest BCUT2D eigenvalue weighted by atomic mass is 15.3. The van der Waals surface area contributed by atoms with E-state index < -0.39 is 0 Å². The molecule has 1 aromatic heterocycles. The summed E-state index contributed by atoms with van der Waals surface area (Å²) in [7, 11) is 0. The fraction of sp³-hybridized carbons (Fsp3) is 0.357. The van der Waals surface area contributed by atoms with Crippen LogP contribution in [0, 0.1) is 0 Å². The van der Waals surface area contributed by atoms with Gasteiger partial charge in [-0.25, -0.2) is 4.68 Å². The predicted molar refractivity (Wildman–Crippen MR) is 70.3 cm³/mol. The Labute approximate surface area is 102 Å². The number of aromatic nitrogens is 2. The third kappa shape index (κ3) is 2.56. The summed E-state index contributed by atoms with van der Waals surface area (Å²) >= 11 is 0. The van der Waals surface area contributed by atoms with Gasteiger partial charge in [0.15, 0.2) is 0 Å². The maximum atomic E-state index is 5.82. The molecular weight excluding hydrogens is 210 g/mol. The van der Waals surface area contributed by atoms with Gasteiger partial charge in [0.25, 0.3) is 0 Å². The Morgan fingerprint density at radius 1 is 1.06 bits per heavy atom. The predicted octanol–water partition coefficient (Wildman–Crippen LogP) is 3.02. The minimum atomic E-state index is 0.0768. The molecule has 17 heavy (non-hydrogen) atoms. The highest BCUT2D eigenvalue weighted by Crippen LogP contribution is 2.16. The second-order valence-electron chi connectivity index (χ2n) is 4.72. The lowest BCUT2D eigenvalue weighted by atomic mass is 10.1. The van der Waals surface area contributed by atoms with Gasteiger partial charge < -0.3 is 5.73 Å². The topological polar surface area (TPSA) is 43.8 Å². The molecule has 1 unspecified atom stereocenters. The summed E-state index contributed by atoms with van der Waals surface area (Å²) in [6.45, 7) is 6.28. The normalized spacial score (nSPS) is 13.0. The molecule has 2 N–H and O–H groups in total. The van der Waals surface area contributed by atoms with E-state index >= 15 is 0 Å². The second kappa shape index (κ2) is 4.72. The summed E-state index contributed by atoms with van der Waals surface area (Å²) in [4.78, 5) is 0. The molecule has 0 bridgehead atoms. The Morgan fingerprint density at radius 3 is 2.18 bits per heavy atom. The summed E-state index contributed by atoms with van der Waals surface area (Å²) in [6.07, 6.45) is 2.00. The first-order valence-electron chi connectivity index (χ1n) is 5.99. The summed E-state index contributed by atoms with van der Waals surface area (Å²) < 4.78 is 1.90. The highest BCUT2D eigenvalue weighted by molar-refractivity contribution is 5.35. The van der Waals surface area contributed by atoms with Crippen LogP contribution < -0.4 is 5.73 Å². The first-order valence-corrected chi connectivity index (χ1v) is 5.99. The van der Waals surface area contributed by atoms with Gasteiger partial charge in [-0.1, -0.05) is 26.0 Å². The molecule has 1 heterocycles. The molecule has 1 atom stereocenters. The monoisotopic (exact) mass is 229 g/mol. The maximum Gasteiger partial charge on any atom is 0.0654 e. The number of rotatable bonds is 3. The average Bonchev–Trinajstić information content (AvgIpc) is 2.78. The van der Waals surface area contributed by atoms with Crippen molar-refractivity contribution in [2.45, 2.75) is 32.7 Å². The van der Waals surface area contributed by atoms with Crippen LogP contribution in [0.3, 0.4) is 0 Å². The zero-order valence-corrected chi connectivity index (χ0v) is 10.6. The van der Waals surface area contributed by atoms with E-state index in [2.05, 4.69) is 49.3 Å². The van der Waals surface area contributed by atoms with Crippen molar-refractivity contribution in [3.63, 3.8) is 0 Å². The molecule has 2 aromatic rings. The molecule has 0 aliphatic carbocycles. The largest absolute Gasteiger partial charge is 0.324 e. The Bertz CT molecular complexity index is 480. The van der Waals surface area contributed by atoms with Gasteiger partial charge in [0, 0.05) is 12.2 Å². The molecule has 0 spiro atoms. The van der Waals surface area contributed by atoms with E-state index in [4.69, 9.17) is 5.73 Å². The summed E-state index contributed by atoms with van der Waals surface area (Å²) in [5.74, 6) is 0.458. The molecule has 3 nitrogen and oxygen atoms in total.